The highest BCUT2D eigenvalue weighted by molar-refractivity contribution is 5.20. The van der Waals surface area contributed by atoms with E-state index in [1.54, 1.807) is 0 Å². The molecule has 0 spiro atoms. The fourth-order valence-electron chi connectivity index (χ4n) is 2.86. The van der Waals surface area contributed by atoms with Gasteiger partial charge in [-0.3, -0.25) is 0 Å². The molecule has 86 valence electrons. The van der Waals surface area contributed by atoms with Crippen molar-refractivity contribution in [3.05, 3.63) is 11.6 Å². The fraction of sp³-hybridized carbons (Fsp3) is 0.846. The highest BCUT2D eigenvalue weighted by atomic mass is 16.3. The van der Waals surface area contributed by atoms with Crippen molar-refractivity contribution in [3.63, 3.8) is 0 Å². The van der Waals surface area contributed by atoms with Gasteiger partial charge in [-0.15, -0.1) is 0 Å². The summed E-state index contributed by atoms with van der Waals surface area (Å²) in [6, 6.07) is 0. The van der Waals surface area contributed by atoms with Gasteiger partial charge in [-0.2, -0.15) is 0 Å². The summed E-state index contributed by atoms with van der Waals surface area (Å²) >= 11 is 0. The summed E-state index contributed by atoms with van der Waals surface area (Å²) in [7, 11) is 2.10. The van der Waals surface area contributed by atoms with Gasteiger partial charge in [0, 0.05) is 13.1 Å². The van der Waals surface area contributed by atoms with Gasteiger partial charge in [-0.1, -0.05) is 18.9 Å². The Kier molecular flexibility index (Phi) is 3.47. The van der Waals surface area contributed by atoms with E-state index in [2.05, 4.69) is 18.0 Å². The van der Waals surface area contributed by atoms with Gasteiger partial charge in [0.15, 0.2) is 0 Å². The predicted molar refractivity (Wildman–Crippen MR) is 62.8 cm³/mol. The molecule has 0 amide bonds. The van der Waals surface area contributed by atoms with Gasteiger partial charge in [-0.25, -0.2) is 0 Å². The number of likely N-dealkylation sites (N-methyl/N-ethyl adjacent to an activating group) is 1. The van der Waals surface area contributed by atoms with Crippen LogP contribution in [0.1, 0.15) is 44.9 Å². The second-order valence-electron chi connectivity index (χ2n) is 5.20. The van der Waals surface area contributed by atoms with Crippen molar-refractivity contribution < 1.29 is 5.11 Å². The Labute approximate surface area is 93.0 Å². The van der Waals surface area contributed by atoms with E-state index in [1.165, 1.54) is 37.7 Å². The SMILES string of the molecule is CN1CCC(O)(C2=CCCCCCC2)C1. The zero-order valence-electron chi connectivity index (χ0n) is 9.84. The third kappa shape index (κ3) is 2.61. The van der Waals surface area contributed by atoms with E-state index in [9.17, 15) is 5.11 Å². The molecule has 0 aromatic rings. The molecule has 0 aromatic heterocycles. The first-order chi connectivity index (χ1) is 7.21. The molecule has 1 heterocycles. The Morgan fingerprint density at radius 1 is 1.27 bits per heavy atom. The number of rotatable bonds is 1. The molecule has 0 bridgehead atoms. The summed E-state index contributed by atoms with van der Waals surface area (Å²) in [5, 5.41) is 10.6. The number of nitrogens with zero attached hydrogens (tertiary/aromatic N) is 1. The van der Waals surface area contributed by atoms with Crippen molar-refractivity contribution in [1.29, 1.82) is 0 Å². The van der Waals surface area contributed by atoms with Crippen LogP contribution in [0.15, 0.2) is 11.6 Å². The zero-order valence-corrected chi connectivity index (χ0v) is 9.84. The van der Waals surface area contributed by atoms with E-state index < -0.39 is 5.60 Å². The second kappa shape index (κ2) is 4.67. The minimum atomic E-state index is -0.494. The lowest BCUT2D eigenvalue weighted by Crippen LogP contribution is -2.34. The average molecular weight is 209 g/mol. The van der Waals surface area contributed by atoms with Crippen LogP contribution in [0.2, 0.25) is 0 Å². The first-order valence-corrected chi connectivity index (χ1v) is 6.31. The number of β-amino-alcohol motifs (C(OH)–C–C–N with tert-alkyl or cyclic N) is 1. The second-order valence-corrected chi connectivity index (χ2v) is 5.20. The van der Waals surface area contributed by atoms with Gasteiger partial charge in [0.2, 0.25) is 0 Å². The highest BCUT2D eigenvalue weighted by Gasteiger charge is 2.37. The lowest BCUT2D eigenvalue weighted by molar-refractivity contribution is 0.0847. The summed E-state index contributed by atoms with van der Waals surface area (Å²) in [5.74, 6) is 0. The topological polar surface area (TPSA) is 23.5 Å². The molecule has 0 aromatic carbocycles. The number of aliphatic hydroxyl groups is 1. The minimum Gasteiger partial charge on any atom is -0.384 e. The van der Waals surface area contributed by atoms with E-state index >= 15 is 0 Å². The Balaban J connectivity index is 2.06. The molecule has 2 heteroatoms. The largest absolute Gasteiger partial charge is 0.384 e. The van der Waals surface area contributed by atoms with Crippen LogP contribution in [0.5, 0.6) is 0 Å². The molecule has 1 aliphatic heterocycles. The number of allylic oxidation sites excluding steroid dienone is 1. The average Bonchev–Trinajstić information content (AvgIpc) is 2.46. The molecular formula is C13H23NO. The summed E-state index contributed by atoms with van der Waals surface area (Å²) in [4.78, 5) is 2.24. The lowest BCUT2D eigenvalue weighted by Gasteiger charge is -2.27. The molecule has 1 unspecified atom stereocenters. The number of likely N-dealkylation sites (tertiary alicyclic amines) is 1. The normalized spacial score (nSPS) is 34.7. The molecule has 1 atom stereocenters. The van der Waals surface area contributed by atoms with E-state index in [0.717, 1.165) is 25.9 Å². The van der Waals surface area contributed by atoms with Crippen LogP contribution in [-0.2, 0) is 0 Å². The smallest absolute Gasteiger partial charge is 0.0995 e. The van der Waals surface area contributed by atoms with Crippen LogP contribution in [0.25, 0.3) is 0 Å². The lowest BCUT2D eigenvalue weighted by atomic mass is 9.86. The van der Waals surface area contributed by atoms with Crippen LogP contribution in [0.4, 0.5) is 0 Å². The fourth-order valence-corrected chi connectivity index (χ4v) is 2.86. The summed E-state index contributed by atoms with van der Waals surface area (Å²) < 4.78 is 0. The molecule has 1 fully saturated rings. The van der Waals surface area contributed by atoms with Gasteiger partial charge >= 0.3 is 0 Å². The molecule has 2 aliphatic rings. The van der Waals surface area contributed by atoms with Crippen molar-refractivity contribution in [2.45, 2.75) is 50.5 Å². The quantitative estimate of drug-likeness (QED) is 0.670. The first kappa shape index (κ1) is 11.2. The van der Waals surface area contributed by atoms with Crippen LogP contribution in [-0.4, -0.2) is 35.7 Å². The van der Waals surface area contributed by atoms with Crippen molar-refractivity contribution in [1.82, 2.24) is 4.90 Å². The van der Waals surface area contributed by atoms with Gasteiger partial charge in [0.25, 0.3) is 0 Å². The standard InChI is InChI=1S/C13H23NO/c1-14-10-9-13(15,11-14)12-7-5-3-2-4-6-8-12/h7,15H,2-6,8-11H2,1H3. The van der Waals surface area contributed by atoms with Crippen LogP contribution >= 0.6 is 0 Å². The monoisotopic (exact) mass is 209 g/mol. The maximum atomic E-state index is 10.6. The van der Waals surface area contributed by atoms with Crippen molar-refractivity contribution in [2.75, 3.05) is 20.1 Å². The molecular weight excluding hydrogens is 186 g/mol. The summed E-state index contributed by atoms with van der Waals surface area (Å²) in [6.45, 7) is 1.87. The summed E-state index contributed by atoms with van der Waals surface area (Å²) in [6.07, 6.45) is 10.8. The Morgan fingerprint density at radius 3 is 2.80 bits per heavy atom. The van der Waals surface area contributed by atoms with Gasteiger partial charge < -0.3 is 10.0 Å². The molecule has 1 N–H and O–H groups in total. The molecule has 2 nitrogen and oxygen atoms in total. The molecule has 15 heavy (non-hydrogen) atoms. The van der Waals surface area contributed by atoms with Crippen LogP contribution < -0.4 is 0 Å². The summed E-state index contributed by atoms with van der Waals surface area (Å²) in [5.41, 5.74) is 0.832. The number of hydrogen-bond acceptors (Lipinski definition) is 2. The van der Waals surface area contributed by atoms with Crippen LogP contribution in [0, 0.1) is 0 Å². The van der Waals surface area contributed by atoms with Gasteiger partial charge in [-0.05, 0) is 44.7 Å². The maximum Gasteiger partial charge on any atom is 0.0995 e. The molecule has 0 radical (unpaired) electrons. The predicted octanol–water partition coefficient (Wildman–Crippen LogP) is 2.33. The van der Waals surface area contributed by atoms with Crippen molar-refractivity contribution >= 4 is 0 Å². The highest BCUT2D eigenvalue weighted by Crippen LogP contribution is 2.32. The third-order valence-electron chi connectivity index (χ3n) is 3.83. The van der Waals surface area contributed by atoms with E-state index in [0.29, 0.717) is 0 Å². The van der Waals surface area contributed by atoms with E-state index in [-0.39, 0.29) is 0 Å². The molecule has 1 aliphatic carbocycles. The molecule has 2 rings (SSSR count). The molecule has 0 saturated carbocycles. The first-order valence-electron chi connectivity index (χ1n) is 6.31. The van der Waals surface area contributed by atoms with Crippen molar-refractivity contribution in [2.24, 2.45) is 0 Å². The minimum absolute atomic E-state index is 0.494. The Bertz CT molecular complexity index is 249. The Morgan fingerprint density at radius 2 is 2.07 bits per heavy atom. The van der Waals surface area contributed by atoms with Gasteiger partial charge in [0.1, 0.15) is 0 Å². The zero-order chi connectivity index (χ0) is 10.7. The van der Waals surface area contributed by atoms with Crippen molar-refractivity contribution in [3.8, 4) is 0 Å². The molecule has 1 saturated heterocycles. The third-order valence-corrected chi connectivity index (χ3v) is 3.83. The van der Waals surface area contributed by atoms with Crippen LogP contribution in [0.3, 0.4) is 0 Å². The van der Waals surface area contributed by atoms with E-state index in [1.807, 2.05) is 0 Å². The maximum absolute atomic E-state index is 10.6. The van der Waals surface area contributed by atoms with E-state index in [4.69, 9.17) is 0 Å². The Hall–Kier alpha value is -0.340. The number of hydrogen-bond donors (Lipinski definition) is 1. The van der Waals surface area contributed by atoms with Gasteiger partial charge in [0.05, 0.1) is 5.60 Å².